The van der Waals surface area contributed by atoms with E-state index in [1.807, 2.05) is 23.0 Å². The molecule has 0 aliphatic carbocycles. The van der Waals surface area contributed by atoms with Crippen LogP contribution in [0.15, 0.2) is 36.5 Å². The van der Waals surface area contributed by atoms with Gasteiger partial charge in [-0.15, -0.1) is 0 Å². The van der Waals surface area contributed by atoms with Crippen LogP contribution in [0.2, 0.25) is 0 Å². The van der Waals surface area contributed by atoms with E-state index in [9.17, 15) is 0 Å². The van der Waals surface area contributed by atoms with Gasteiger partial charge in [0.2, 0.25) is 0 Å². The fourth-order valence-electron chi connectivity index (χ4n) is 3.45. The molecule has 6 nitrogen and oxygen atoms in total. The SMILES string of the molecule is c1cc(CNCC2CNc3ccnn3C2)cc(OCC2CCCO2)c1. The Hall–Kier alpha value is -2.05. The molecule has 1 fully saturated rings. The van der Waals surface area contributed by atoms with Gasteiger partial charge in [0.05, 0.1) is 12.3 Å². The maximum Gasteiger partial charge on any atom is 0.124 e. The topological polar surface area (TPSA) is 60.3 Å². The summed E-state index contributed by atoms with van der Waals surface area (Å²) < 4.78 is 13.5. The van der Waals surface area contributed by atoms with Gasteiger partial charge in [0, 0.05) is 44.8 Å². The normalized spacial score (nSPS) is 22.4. The second-order valence-electron chi connectivity index (χ2n) is 6.87. The van der Waals surface area contributed by atoms with E-state index in [4.69, 9.17) is 9.47 Å². The molecule has 0 amide bonds. The van der Waals surface area contributed by atoms with Crippen molar-refractivity contribution in [2.45, 2.75) is 32.0 Å². The average molecular weight is 342 g/mol. The lowest BCUT2D eigenvalue weighted by Crippen LogP contribution is -2.35. The highest BCUT2D eigenvalue weighted by molar-refractivity contribution is 5.35. The van der Waals surface area contributed by atoms with E-state index in [2.05, 4.69) is 33.9 Å². The number of nitrogens with zero attached hydrogens (tertiary/aromatic N) is 2. The third-order valence-electron chi connectivity index (χ3n) is 4.84. The Bertz CT molecular complexity index is 682. The van der Waals surface area contributed by atoms with Crippen molar-refractivity contribution in [2.75, 3.05) is 31.6 Å². The summed E-state index contributed by atoms with van der Waals surface area (Å²) in [5.74, 6) is 2.59. The smallest absolute Gasteiger partial charge is 0.124 e. The number of ether oxygens (including phenoxy) is 2. The van der Waals surface area contributed by atoms with Crippen LogP contribution in [0.5, 0.6) is 5.75 Å². The van der Waals surface area contributed by atoms with E-state index < -0.39 is 0 Å². The molecule has 3 heterocycles. The number of hydrogen-bond acceptors (Lipinski definition) is 5. The van der Waals surface area contributed by atoms with Crippen molar-refractivity contribution in [1.29, 1.82) is 0 Å². The van der Waals surface area contributed by atoms with Gasteiger partial charge >= 0.3 is 0 Å². The molecule has 2 aromatic rings. The van der Waals surface area contributed by atoms with Gasteiger partial charge in [0.1, 0.15) is 18.2 Å². The number of nitrogens with one attached hydrogen (secondary N) is 2. The second kappa shape index (κ2) is 7.89. The van der Waals surface area contributed by atoms with Crippen molar-refractivity contribution in [3.8, 4) is 5.75 Å². The van der Waals surface area contributed by atoms with E-state index in [0.717, 1.165) is 57.2 Å². The quantitative estimate of drug-likeness (QED) is 0.808. The van der Waals surface area contributed by atoms with Gasteiger partial charge in [-0.2, -0.15) is 5.10 Å². The summed E-state index contributed by atoms with van der Waals surface area (Å²) in [6, 6.07) is 10.3. The van der Waals surface area contributed by atoms with Crippen LogP contribution < -0.4 is 15.4 Å². The van der Waals surface area contributed by atoms with Crippen LogP contribution in [0.1, 0.15) is 18.4 Å². The van der Waals surface area contributed by atoms with E-state index in [1.165, 1.54) is 5.56 Å². The molecule has 0 spiro atoms. The first-order valence-electron chi connectivity index (χ1n) is 9.16. The van der Waals surface area contributed by atoms with Crippen molar-refractivity contribution in [2.24, 2.45) is 5.92 Å². The van der Waals surface area contributed by atoms with Gasteiger partial charge < -0.3 is 20.1 Å². The molecular formula is C19H26N4O2. The lowest BCUT2D eigenvalue weighted by Gasteiger charge is -2.25. The van der Waals surface area contributed by atoms with Crippen LogP contribution in [-0.4, -0.2) is 42.2 Å². The van der Waals surface area contributed by atoms with Crippen molar-refractivity contribution in [1.82, 2.24) is 15.1 Å². The molecule has 2 aliphatic heterocycles. The van der Waals surface area contributed by atoms with Gasteiger partial charge in [-0.3, -0.25) is 0 Å². The minimum Gasteiger partial charge on any atom is -0.491 e. The Balaban J connectivity index is 1.22. The summed E-state index contributed by atoms with van der Waals surface area (Å²) in [6.45, 7) is 5.29. The molecule has 2 N–H and O–H groups in total. The monoisotopic (exact) mass is 342 g/mol. The summed E-state index contributed by atoms with van der Waals surface area (Å²) in [5, 5.41) is 11.3. The maximum absolute atomic E-state index is 5.88. The van der Waals surface area contributed by atoms with Crippen LogP contribution in [-0.2, 0) is 17.8 Å². The molecule has 6 heteroatoms. The zero-order chi connectivity index (χ0) is 16.9. The molecular weight excluding hydrogens is 316 g/mol. The van der Waals surface area contributed by atoms with Gasteiger partial charge in [-0.25, -0.2) is 4.68 Å². The lowest BCUT2D eigenvalue weighted by molar-refractivity contribution is 0.0679. The summed E-state index contributed by atoms with van der Waals surface area (Å²) >= 11 is 0. The summed E-state index contributed by atoms with van der Waals surface area (Å²) in [4.78, 5) is 0. The first-order chi connectivity index (χ1) is 12.4. The number of aromatic nitrogens is 2. The van der Waals surface area contributed by atoms with E-state index in [-0.39, 0.29) is 6.10 Å². The highest BCUT2D eigenvalue weighted by atomic mass is 16.5. The second-order valence-corrected chi connectivity index (χ2v) is 6.87. The molecule has 1 aromatic carbocycles. The fraction of sp³-hybridized carbons (Fsp3) is 0.526. The van der Waals surface area contributed by atoms with Crippen LogP contribution in [0.4, 0.5) is 5.82 Å². The predicted molar refractivity (Wildman–Crippen MR) is 96.8 cm³/mol. The van der Waals surface area contributed by atoms with Crippen LogP contribution in [0.3, 0.4) is 0 Å². The Morgan fingerprint density at radius 1 is 1.36 bits per heavy atom. The minimum atomic E-state index is 0.257. The molecule has 1 saturated heterocycles. The molecule has 2 aliphatic rings. The standard InChI is InChI=1S/C19H26N4O2/c1-3-15(9-17(4-1)25-14-18-5-2-8-24-18)10-20-11-16-12-21-19-6-7-22-23(19)13-16/h1,3-4,6-7,9,16,18,20-21H,2,5,8,10-14H2. The Kier molecular flexibility index (Phi) is 5.18. The number of benzene rings is 1. The van der Waals surface area contributed by atoms with Gasteiger partial charge in [0.15, 0.2) is 0 Å². The fourth-order valence-corrected chi connectivity index (χ4v) is 3.45. The predicted octanol–water partition coefficient (Wildman–Crippen LogP) is 2.27. The number of anilines is 1. The highest BCUT2D eigenvalue weighted by Gasteiger charge is 2.18. The number of fused-ring (bicyclic) bond motifs is 1. The van der Waals surface area contributed by atoms with Crippen molar-refractivity contribution >= 4 is 5.82 Å². The molecule has 4 rings (SSSR count). The first kappa shape index (κ1) is 16.4. The summed E-state index contributed by atoms with van der Waals surface area (Å²) in [7, 11) is 0. The van der Waals surface area contributed by atoms with E-state index >= 15 is 0 Å². The largest absolute Gasteiger partial charge is 0.491 e. The van der Waals surface area contributed by atoms with Crippen LogP contribution in [0, 0.1) is 5.92 Å². The molecule has 0 saturated carbocycles. The Labute approximate surface area is 148 Å². The van der Waals surface area contributed by atoms with Crippen LogP contribution >= 0.6 is 0 Å². The molecule has 0 bridgehead atoms. The minimum absolute atomic E-state index is 0.257. The maximum atomic E-state index is 5.88. The molecule has 25 heavy (non-hydrogen) atoms. The summed E-state index contributed by atoms with van der Waals surface area (Å²) in [6.07, 6.45) is 4.36. The Morgan fingerprint density at radius 2 is 2.36 bits per heavy atom. The molecule has 1 aromatic heterocycles. The number of rotatable bonds is 7. The first-order valence-corrected chi connectivity index (χ1v) is 9.16. The highest BCUT2D eigenvalue weighted by Crippen LogP contribution is 2.18. The molecule has 2 atom stereocenters. The van der Waals surface area contributed by atoms with E-state index in [1.54, 1.807) is 0 Å². The van der Waals surface area contributed by atoms with Gasteiger partial charge in [0.25, 0.3) is 0 Å². The van der Waals surface area contributed by atoms with Crippen molar-refractivity contribution in [3.63, 3.8) is 0 Å². The molecule has 2 unspecified atom stereocenters. The zero-order valence-corrected chi connectivity index (χ0v) is 14.5. The Morgan fingerprint density at radius 3 is 3.28 bits per heavy atom. The van der Waals surface area contributed by atoms with Crippen LogP contribution in [0.25, 0.3) is 0 Å². The molecule has 134 valence electrons. The van der Waals surface area contributed by atoms with Gasteiger partial charge in [-0.05, 0) is 30.5 Å². The molecule has 0 radical (unpaired) electrons. The number of hydrogen-bond donors (Lipinski definition) is 2. The third kappa shape index (κ3) is 4.32. The van der Waals surface area contributed by atoms with Gasteiger partial charge in [-0.1, -0.05) is 12.1 Å². The average Bonchev–Trinajstić information content (AvgIpc) is 3.31. The zero-order valence-electron chi connectivity index (χ0n) is 14.5. The lowest BCUT2D eigenvalue weighted by atomic mass is 10.1. The summed E-state index contributed by atoms with van der Waals surface area (Å²) in [5.41, 5.74) is 1.24. The van der Waals surface area contributed by atoms with Crippen molar-refractivity contribution in [3.05, 3.63) is 42.1 Å². The van der Waals surface area contributed by atoms with Crippen molar-refractivity contribution < 1.29 is 9.47 Å². The third-order valence-corrected chi connectivity index (χ3v) is 4.84. The van der Waals surface area contributed by atoms with E-state index in [0.29, 0.717) is 12.5 Å².